The number of piperazine rings is 1. The first-order valence-electron chi connectivity index (χ1n) is 12.8. The van der Waals surface area contributed by atoms with E-state index in [2.05, 4.69) is 26.2 Å². The van der Waals surface area contributed by atoms with Crippen molar-refractivity contribution in [2.75, 3.05) is 45.3 Å². The summed E-state index contributed by atoms with van der Waals surface area (Å²) < 4.78 is 5.26. The highest BCUT2D eigenvalue weighted by molar-refractivity contribution is 7.21. The lowest BCUT2D eigenvalue weighted by molar-refractivity contribution is 0.0251. The average Bonchev–Trinajstić information content (AvgIpc) is 3.63. The molecule has 39 heavy (non-hydrogen) atoms. The number of aromatic nitrogens is 3. The van der Waals surface area contributed by atoms with Gasteiger partial charge in [-0.05, 0) is 23.8 Å². The maximum absolute atomic E-state index is 13.1. The molecular weight excluding hydrogens is 528 g/mol. The average molecular weight is 557 g/mol. The molecule has 0 spiro atoms. The summed E-state index contributed by atoms with van der Waals surface area (Å²) in [5, 5.41) is 6.48. The lowest BCUT2D eigenvalue weighted by Crippen LogP contribution is -2.46. The summed E-state index contributed by atoms with van der Waals surface area (Å²) in [5.74, 6) is -0.243. The molecule has 1 fully saturated rings. The number of carbonyl (C=O) groups excluding carboxylic acids is 1. The van der Waals surface area contributed by atoms with Crippen LogP contribution in [-0.2, 0) is 11.3 Å². The highest BCUT2D eigenvalue weighted by Crippen LogP contribution is 2.34. The minimum atomic E-state index is -0.243. The number of benzene rings is 2. The number of methoxy groups -OCH3 is 1. The van der Waals surface area contributed by atoms with Gasteiger partial charge in [0.15, 0.2) is 0 Å². The number of thiazole rings is 2. The zero-order valence-corrected chi connectivity index (χ0v) is 23.2. The van der Waals surface area contributed by atoms with E-state index in [1.165, 1.54) is 22.7 Å². The third-order valence-corrected chi connectivity index (χ3v) is 8.55. The van der Waals surface area contributed by atoms with Gasteiger partial charge in [-0.15, -0.1) is 11.3 Å². The Bertz CT molecular complexity index is 1580. The van der Waals surface area contributed by atoms with Crippen LogP contribution in [0, 0.1) is 0 Å². The largest absolute Gasteiger partial charge is 0.369 e. The van der Waals surface area contributed by atoms with E-state index in [1.807, 2.05) is 60.8 Å². The van der Waals surface area contributed by atoms with Crippen molar-refractivity contribution < 1.29 is 9.53 Å². The van der Waals surface area contributed by atoms with Gasteiger partial charge in [0.1, 0.15) is 26.1 Å². The normalized spacial score (nSPS) is 14.6. The maximum atomic E-state index is 13.1. The van der Waals surface area contributed by atoms with Crippen molar-refractivity contribution in [2.24, 2.45) is 0 Å². The van der Waals surface area contributed by atoms with Crippen molar-refractivity contribution in [2.45, 2.75) is 6.54 Å². The standard InChI is InChI=1S/C29H28N6O2S2/c1-37-19-35-13-11-34(12-14-35)17-20-15-24-29(30-16-20)39-28(32-24)22-9-5-6-10-23(22)31-26(36)25-18-38-27(33-25)21-7-3-2-4-8-21/h2-10,15-16,18H,11-14,17,19H2,1H3,(H,31,36). The van der Waals surface area contributed by atoms with Crippen LogP contribution in [0.1, 0.15) is 16.1 Å². The minimum Gasteiger partial charge on any atom is -0.369 e. The van der Waals surface area contributed by atoms with Gasteiger partial charge >= 0.3 is 0 Å². The molecule has 4 heterocycles. The fraction of sp³-hybridized carbons (Fsp3) is 0.241. The van der Waals surface area contributed by atoms with Crippen molar-refractivity contribution in [3.63, 3.8) is 0 Å². The lowest BCUT2D eigenvalue weighted by atomic mass is 10.2. The fourth-order valence-corrected chi connectivity index (χ4v) is 6.38. The van der Waals surface area contributed by atoms with Crippen LogP contribution in [0.2, 0.25) is 0 Å². The molecule has 0 bridgehead atoms. The molecule has 3 aromatic heterocycles. The molecule has 1 amide bonds. The smallest absolute Gasteiger partial charge is 0.275 e. The Labute approximate surface area is 234 Å². The number of carbonyl (C=O) groups is 1. The van der Waals surface area contributed by atoms with Gasteiger partial charge in [-0.2, -0.15) is 0 Å². The Morgan fingerprint density at radius 1 is 0.974 bits per heavy atom. The number of para-hydroxylation sites is 1. The molecule has 0 aliphatic carbocycles. The molecule has 0 atom stereocenters. The second-order valence-electron chi connectivity index (χ2n) is 9.40. The molecule has 2 aromatic carbocycles. The Kier molecular flexibility index (Phi) is 7.71. The van der Waals surface area contributed by atoms with Crippen LogP contribution in [0.5, 0.6) is 0 Å². The highest BCUT2D eigenvalue weighted by Gasteiger charge is 2.19. The Morgan fingerprint density at radius 3 is 2.56 bits per heavy atom. The highest BCUT2D eigenvalue weighted by atomic mass is 32.1. The molecule has 1 aliphatic heterocycles. The Hall–Kier alpha value is -3.54. The number of nitrogens with zero attached hydrogens (tertiary/aromatic N) is 5. The Morgan fingerprint density at radius 2 is 1.74 bits per heavy atom. The molecule has 0 unspecified atom stereocenters. The summed E-state index contributed by atoms with van der Waals surface area (Å²) in [4.78, 5) is 32.9. The van der Waals surface area contributed by atoms with E-state index in [-0.39, 0.29) is 5.91 Å². The van der Waals surface area contributed by atoms with Crippen molar-refractivity contribution >= 4 is 44.6 Å². The molecule has 5 aromatic rings. The summed E-state index contributed by atoms with van der Waals surface area (Å²) >= 11 is 2.99. The van der Waals surface area contributed by atoms with Crippen LogP contribution in [0.4, 0.5) is 5.69 Å². The molecule has 10 heteroatoms. The van der Waals surface area contributed by atoms with Crippen molar-refractivity contribution in [3.05, 3.63) is 83.5 Å². The van der Waals surface area contributed by atoms with E-state index in [9.17, 15) is 4.79 Å². The molecule has 8 nitrogen and oxygen atoms in total. The number of nitrogens with one attached hydrogen (secondary N) is 1. The molecule has 0 radical (unpaired) electrons. The molecule has 198 valence electrons. The van der Waals surface area contributed by atoms with Crippen LogP contribution < -0.4 is 5.32 Å². The lowest BCUT2D eigenvalue weighted by Gasteiger charge is -2.34. The van der Waals surface area contributed by atoms with Crippen molar-refractivity contribution in [1.82, 2.24) is 24.8 Å². The second kappa shape index (κ2) is 11.7. The number of pyridine rings is 1. The van der Waals surface area contributed by atoms with Gasteiger partial charge in [0, 0.05) is 62.5 Å². The fourth-order valence-electron chi connectivity index (χ4n) is 4.64. The van der Waals surface area contributed by atoms with Crippen LogP contribution in [0.3, 0.4) is 0 Å². The molecule has 1 N–H and O–H groups in total. The SMILES string of the molecule is COCN1CCN(Cc2cnc3sc(-c4ccccc4NC(=O)c4csc(-c5ccccc5)n4)nc3c2)CC1. The summed E-state index contributed by atoms with van der Waals surface area (Å²) in [6.07, 6.45) is 1.95. The van der Waals surface area contributed by atoms with E-state index >= 15 is 0 Å². The van der Waals surface area contributed by atoms with Crippen molar-refractivity contribution in [1.29, 1.82) is 0 Å². The molecule has 6 rings (SSSR count). The predicted octanol–water partition coefficient (Wildman–Crippen LogP) is 5.46. The first-order valence-corrected chi connectivity index (χ1v) is 14.5. The Balaban J connectivity index is 1.18. The second-order valence-corrected chi connectivity index (χ2v) is 11.2. The van der Waals surface area contributed by atoms with Crippen molar-refractivity contribution in [3.8, 4) is 21.1 Å². The summed E-state index contributed by atoms with van der Waals surface area (Å²) in [7, 11) is 1.74. The molecule has 1 saturated heterocycles. The van der Waals surface area contributed by atoms with Gasteiger partial charge in [0.05, 0.1) is 12.4 Å². The maximum Gasteiger partial charge on any atom is 0.275 e. The number of fused-ring (bicyclic) bond motifs is 1. The third kappa shape index (κ3) is 5.90. The summed E-state index contributed by atoms with van der Waals surface area (Å²) in [5.41, 5.74) is 4.98. The van der Waals surface area contributed by atoms with Crippen LogP contribution in [0.25, 0.3) is 31.5 Å². The topological polar surface area (TPSA) is 83.5 Å². The molecule has 1 aliphatic rings. The van der Waals surface area contributed by atoms with Crippen LogP contribution in [-0.4, -0.2) is 70.7 Å². The predicted molar refractivity (Wildman–Crippen MR) is 157 cm³/mol. The van der Waals surface area contributed by atoms with E-state index in [0.29, 0.717) is 18.1 Å². The monoisotopic (exact) mass is 556 g/mol. The number of hydrogen-bond donors (Lipinski definition) is 1. The quantitative estimate of drug-likeness (QED) is 0.272. The summed E-state index contributed by atoms with van der Waals surface area (Å²) in [6, 6.07) is 19.7. The van der Waals surface area contributed by atoms with Crippen LogP contribution in [0.15, 0.2) is 72.2 Å². The molecular formula is C29H28N6O2S2. The van der Waals surface area contributed by atoms with E-state index in [0.717, 1.165) is 69.8 Å². The summed E-state index contributed by atoms with van der Waals surface area (Å²) in [6.45, 7) is 5.54. The number of anilines is 1. The van der Waals surface area contributed by atoms with Gasteiger partial charge in [0.25, 0.3) is 5.91 Å². The van der Waals surface area contributed by atoms with Gasteiger partial charge in [-0.3, -0.25) is 14.6 Å². The van der Waals surface area contributed by atoms with E-state index in [1.54, 1.807) is 12.5 Å². The van der Waals surface area contributed by atoms with Gasteiger partial charge in [0.2, 0.25) is 0 Å². The van der Waals surface area contributed by atoms with Gasteiger partial charge in [-0.1, -0.05) is 53.8 Å². The first kappa shape index (κ1) is 25.7. The van der Waals surface area contributed by atoms with E-state index in [4.69, 9.17) is 14.7 Å². The number of rotatable bonds is 8. The zero-order chi connectivity index (χ0) is 26.6. The molecule has 0 saturated carbocycles. The third-order valence-electron chi connectivity index (χ3n) is 6.65. The number of ether oxygens (including phenoxy) is 1. The van der Waals surface area contributed by atoms with Gasteiger partial charge < -0.3 is 10.1 Å². The number of amides is 1. The minimum absolute atomic E-state index is 0.243. The van der Waals surface area contributed by atoms with Gasteiger partial charge in [-0.25, -0.2) is 15.0 Å². The van der Waals surface area contributed by atoms with E-state index < -0.39 is 0 Å². The first-order chi connectivity index (χ1) is 19.2. The van der Waals surface area contributed by atoms with Crippen LogP contribution >= 0.6 is 22.7 Å². The zero-order valence-electron chi connectivity index (χ0n) is 21.5. The number of hydrogen-bond acceptors (Lipinski definition) is 9.